The largest absolute Gasteiger partial charge is 0.493 e. The molecule has 1 aromatic carbocycles. The molecule has 1 aliphatic rings. The van der Waals surface area contributed by atoms with E-state index in [9.17, 15) is 9.90 Å². The maximum Gasteiger partial charge on any atom is 0.337 e. The zero-order chi connectivity index (χ0) is 30.1. The molecule has 1 saturated heterocycles. The van der Waals surface area contributed by atoms with Gasteiger partial charge in [-0.2, -0.15) is 0 Å². The van der Waals surface area contributed by atoms with E-state index in [2.05, 4.69) is 35.9 Å². The number of benzene rings is 1. The molecule has 0 aliphatic carbocycles. The lowest BCUT2D eigenvalue weighted by molar-refractivity contribution is -0.160. The Morgan fingerprint density at radius 3 is 2.20 bits per heavy atom. The first-order valence-corrected chi connectivity index (χ1v) is 15.3. The molecule has 1 aliphatic heterocycles. The highest BCUT2D eigenvalue weighted by Crippen LogP contribution is 2.45. The molecule has 4 rings (SSSR count). The van der Waals surface area contributed by atoms with Crippen LogP contribution in [-0.4, -0.2) is 46.3 Å². The van der Waals surface area contributed by atoms with Crippen molar-refractivity contribution in [3.63, 3.8) is 0 Å². The van der Waals surface area contributed by atoms with E-state index in [-0.39, 0.29) is 5.41 Å². The van der Waals surface area contributed by atoms with Gasteiger partial charge in [-0.15, -0.1) is 11.3 Å². The fraction of sp³-hybridized carbons (Fsp3) is 0.545. The predicted octanol–water partition coefficient (Wildman–Crippen LogP) is 7.63. The summed E-state index contributed by atoms with van der Waals surface area (Å²) >= 11 is 1.72. The van der Waals surface area contributed by atoms with Gasteiger partial charge in [0.2, 0.25) is 0 Å². The molecule has 1 N–H and O–H groups in total. The Morgan fingerprint density at radius 2 is 1.66 bits per heavy atom. The van der Waals surface area contributed by atoms with Gasteiger partial charge in [0.1, 0.15) is 5.75 Å². The molecule has 7 nitrogen and oxygen atoms in total. The predicted molar refractivity (Wildman–Crippen MR) is 166 cm³/mol. The average molecular weight is 580 g/mol. The van der Waals surface area contributed by atoms with Crippen LogP contribution in [0.3, 0.4) is 0 Å². The molecule has 1 atom stereocenters. The zero-order valence-corrected chi connectivity index (χ0v) is 26.9. The van der Waals surface area contributed by atoms with E-state index in [1.54, 1.807) is 11.3 Å². The first-order valence-electron chi connectivity index (χ1n) is 14.5. The van der Waals surface area contributed by atoms with Crippen molar-refractivity contribution >= 4 is 23.0 Å². The second-order valence-electron chi connectivity index (χ2n) is 12.9. The van der Waals surface area contributed by atoms with E-state index in [0.29, 0.717) is 17.9 Å². The molecule has 41 heavy (non-hydrogen) atoms. The van der Waals surface area contributed by atoms with Crippen molar-refractivity contribution in [3.05, 3.63) is 56.8 Å². The normalized spacial score (nSPS) is 16.1. The van der Waals surface area contributed by atoms with Gasteiger partial charge in [0.25, 0.3) is 0 Å². The van der Waals surface area contributed by atoms with Crippen LogP contribution in [0.4, 0.5) is 5.69 Å². The number of pyridine rings is 1. The monoisotopic (exact) mass is 579 g/mol. The molecule has 0 radical (unpaired) electrons. The quantitative estimate of drug-likeness (QED) is 0.279. The minimum atomic E-state index is -1.13. The van der Waals surface area contributed by atoms with E-state index >= 15 is 0 Å². The average Bonchev–Trinajstić information content (AvgIpc) is 3.19. The minimum Gasteiger partial charge on any atom is -0.493 e. The first kappa shape index (κ1) is 31.0. The van der Waals surface area contributed by atoms with Crippen LogP contribution in [-0.2, 0) is 16.0 Å². The van der Waals surface area contributed by atoms with Crippen molar-refractivity contribution in [2.45, 2.75) is 93.3 Å². The number of anilines is 1. The summed E-state index contributed by atoms with van der Waals surface area (Å²) in [6.07, 6.45) is 1.74. The second-order valence-corrected chi connectivity index (χ2v) is 14.2. The number of ether oxygens (including phenoxy) is 2. The maximum absolute atomic E-state index is 12.7. The number of hydrogen-bond acceptors (Lipinski definition) is 7. The highest BCUT2D eigenvalue weighted by atomic mass is 32.1. The van der Waals surface area contributed by atoms with Crippen molar-refractivity contribution in [1.29, 1.82) is 0 Å². The lowest BCUT2D eigenvalue weighted by atomic mass is 9.82. The molecule has 1 fully saturated rings. The molecule has 2 aromatic heterocycles. The van der Waals surface area contributed by atoms with Gasteiger partial charge in [0.15, 0.2) is 6.10 Å². The van der Waals surface area contributed by atoms with Gasteiger partial charge < -0.3 is 19.5 Å². The van der Waals surface area contributed by atoms with Crippen LogP contribution in [0.2, 0.25) is 0 Å². The number of aromatic nitrogens is 2. The number of nitrogens with zero attached hydrogens (tertiary/aromatic N) is 3. The summed E-state index contributed by atoms with van der Waals surface area (Å²) in [6.45, 7) is 20.5. The standard InChI is InChI=1S/C33H45N3O4S/c1-20-26(41-23(4)35-20)14-19-39-25-12-10-24(11-13-25)27-21(2)34-22(3)28(30(31(37)38)40-32(5,6)7)29(27)36-17-15-33(8,9)16-18-36/h10-13,30H,14-19H2,1-9H3,(H,37,38). The third-order valence-electron chi connectivity index (χ3n) is 7.71. The minimum absolute atomic E-state index is 0.247. The summed E-state index contributed by atoms with van der Waals surface area (Å²) in [5.74, 6) is -0.209. The van der Waals surface area contributed by atoms with Crippen molar-refractivity contribution < 1.29 is 19.4 Å². The number of carboxylic acid groups (broad SMARTS) is 1. The van der Waals surface area contributed by atoms with Gasteiger partial charge in [-0.25, -0.2) is 9.78 Å². The van der Waals surface area contributed by atoms with E-state index in [4.69, 9.17) is 14.5 Å². The van der Waals surface area contributed by atoms with Gasteiger partial charge in [0, 0.05) is 46.9 Å². The number of hydrogen-bond donors (Lipinski definition) is 1. The molecular formula is C33H45N3O4S. The molecular weight excluding hydrogens is 534 g/mol. The first-order chi connectivity index (χ1) is 19.1. The summed E-state index contributed by atoms with van der Waals surface area (Å²) in [5, 5.41) is 11.5. The molecule has 0 saturated carbocycles. The molecule has 222 valence electrons. The highest BCUT2D eigenvalue weighted by molar-refractivity contribution is 7.11. The van der Waals surface area contributed by atoms with E-state index < -0.39 is 17.7 Å². The number of aryl methyl sites for hydroxylation is 4. The topological polar surface area (TPSA) is 84.8 Å². The van der Waals surface area contributed by atoms with Crippen LogP contribution >= 0.6 is 11.3 Å². The fourth-order valence-corrected chi connectivity index (χ4v) is 6.46. The van der Waals surface area contributed by atoms with Crippen LogP contribution in [0.1, 0.15) is 86.1 Å². The molecule has 0 bridgehead atoms. The highest BCUT2D eigenvalue weighted by Gasteiger charge is 2.36. The lowest BCUT2D eigenvalue weighted by Crippen LogP contribution is -2.39. The van der Waals surface area contributed by atoms with E-state index in [0.717, 1.165) is 71.3 Å². The summed E-state index contributed by atoms with van der Waals surface area (Å²) in [6, 6.07) is 8.08. The molecule has 0 amide bonds. The van der Waals surface area contributed by atoms with Crippen molar-refractivity contribution in [3.8, 4) is 16.9 Å². The number of carbonyl (C=O) groups is 1. The number of aliphatic carboxylic acids is 1. The van der Waals surface area contributed by atoms with Gasteiger partial charge >= 0.3 is 5.97 Å². The summed E-state index contributed by atoms with van der Waals surface area (Å²) < 4.78 is 12.3. The number of carboxylic acids is 1. The smallest absolute Gasteiger partial charge is 0.337 e. The maximum atomic E-state index is 12.7. The molecule has 0 spiro atoms. The molecule has 8 heteroatoms. The van der Waals surface area contributed by atoms with Crippen LogP contribution in [0, 0.1) is 33.1 Å². The van der Waals surface area contributed by atoms with Crippen molar-refractivity contribution in [1.82, 2.24) is 9.97 Å². The summed E-state index contributed by atoms with van der Waals surface area (Å²) in [5.41, 5.74) is 5.75. The lowest BCUT2D eigenvalue weighted by Gasteiger charge is -2.41. The Morgan fingerprint density at radius 1 is 1.02 bits per heavy atom. The number of piperidine rings is 1. The molecule has 3 heterocycles. The second kappa shape index (κ2) is 12.1. The van der Waals surface area contributed by atoms with E-state index in [1.165, 1.54) is 4.88 Å². The van der Waals surface area contributed by atoms with Crippen molar-refractivity contribution in [2.24, 2.45) is 5.41 Å². The Labute approximate surface area is 248 Å². The molecule has 1 unspecified atom stereocenters. The third-order valence-corrected chi connectivity index (χ3v) is 8.84. The van der Waals surface area contributed by atoms with Crippen LogP contribution in [0.5, 0.6) is 5.75 Å². The summed E-state index contributed by atoms with van der Waals surface area (Å²) in [4.78, 5) is 25.7. The van der Waals surface area contributed by atoms with Crippen LogP contribution in [0.15, 0.2) is 24.3 Å². The van der Waals surface area contributed by atoms with Gasteiger partial charge in [-0.3, -0.25) is 4.98 Å². The summed E-state index contributed by atoms with van der Waals surface area (Å²) in [7, 11) is 0. The Kier molecular flexibility index (Phi) is 9.14. The SMILES string of the molecule is Cc1nc(C)c(CCOc2ccc(-c3c(C)nc(C)c(C(OC(C)(C)C)C(=O)O)c3N3CCC(C)(C)CC3)cc2)s1. The number of thiazole rings is 1. The van der Waals surface area contributed by atoms with Crippen LogP contribution in [0.25, 0.3) is 11.1 Å². The Balaban J connectivity index is 1.73. The van der Waals surface area contributed by atoms with E-state index in [1.807, 2.05) is 60.6 Å². The molecule has 3 aromatic rings. The third kappa shape index (κ3) is 7.46. The Bertz CT molecular complexity index is 1380. The van der Waals surface area contributed by atoms with Crippen molar-refractivity contribution in [2.75, 3.05) is 24.6 Å². The van der Waals surface area contributed by atoms with Gasteiger partial charge in [-0.1, -0.05) is 26.0 Å². The van der Waals surface area contributed by atoms with Gasteiger partial charge in [-0.05, 0) is 84.4 Å². The zero-order valence-electron chi connectivity index (χ0n) is 26.1. The van der Waals surface area contributed by atoms with Crippen LogP contribution < -0.4 is 9.64 Å². The Hall–Kier alpha value is -2.97. The number of rotatable bonds is 9. The fourth-order valence-electron chi connectivity index (χ4n) is 5.54. The van der Waals surface area contributed by atoms with Gasteiger partial charge in [0.05, 0.1) is 28.6 Å².